The van der Waals surface area contributed by atoms with Crippen molar-refractivity contribution < 1.29 is 8.42 Å². The van der Waals surface area contributed by atoms with Crippen LogP contribution in [-0.2, 0) is 9.84 Å². The quantitative estimate of drug-likeness (QED) is 0.903. The highest BCUT2D eigenvalue weighted by atomic mass is 32.2. The summed E-state index contributed by atoms with van der Waals surface area (Å²) in [5, 5.41) is 12.8. The number of rotatable bonds is 5. The predicted molar refractivity (Wildman–Crippen MR) is 77.0 cm³/mol. The fraction of sp³-hybridized carbons (Fsp3) is 0.833. The molecule has 19 heavy (non-hydrogen) atoms. The highest BCUT2D eigenvalue weighted by Gasteiger charge is 2.33. The first-order valence-corrected chi connectivity index (χ1v) is 9.40. The Morgan fingerprint density at radius 3 is 2.79 bits per heavy atom. The molecule has 1 fully saturated rings. The van der Waals surface area contributed by atoms with Crippen molar-refractivity contribution in [3.05, 3.63) is 10.0 Å². The van der Waals surface area contributed by atoms with E-state index in [1.807, 2.05) is 0 Å². The highest BCUT2D eigenvalue weighted by molar-refractivity contribution is 7.91. The summed E-state index contributed by atoms with van der Waals surface area (Å²) in [5.41, 5.74) is 0. The number of hydrogen-bond acceptors (Lipinski definition) is 6. The summed E-state index contributed by atoms with van der Waals surface area (Å²) in [4.78, 5) is 0. The lowest BCUT2D eigenvalue weighted by atomic mass is 10.2. The molecule has 0 bridgehead atoms. The molecule has 108 valence electrons. The molecule has 1 aromatic rings. The van der Waals surface area contributed by atoms with Gasteiger partial charge >= 0.3 is 0 Å². The van der Waals surface area contributed by atoms with E-state index in [0.29, 0.717) is 11.4 Å². The molecule has 7 heteroatoms. The van der Waals surface area contributed by atoms with Gasteiger partial charge in [-0.1, -0.05) is 31.6 Å². The van der Waals surface area contributed by atoms with Gasteiger partial charge in [0.15, 0.2) is 9.84 Å². The Balaban J connectivity index is 2.20. The second-order valence-corrected chi connectivity index (χ2v) is 8.19. The van der Waals surface area contributed by atoms with E-state index >= 15 is 0 Å². The summed E-state index contributed by atoms with van der Waals surface area (Å²) in [5.74, 6) is 0.289. The zero-order valence-electron chi connectivity index (χ0n) is 11.4. The number of nitrogens with zero attached hydrogens (tertiary/aromatic N) is 2. The molecule has 0 aliphatic carbocycles. The van der Waals surface area contributed by atoms with E-state index in [4.69, 9.17) is 0 Å². The molecule has 2 rings (SSSR count). The summed E-state index contributed by atoms with van der Waals surface area (Å²) in [7, 11) is -3.02. The Morgan fingerprint density at radius 1 is 1.37 bits per heavy atom. The zero-order chi connectivity index (χ0) is 13.9. The SMILES string of the molecule is CCNC(CC)c1nnc(C2CCCCS2(=O)=O)s1. The van der Waals surface area contributed by atoms with Crippen molar-refractivity contribution in [3.63, 3.8) is 0 Å². The molecule has 0 radical (unpaired) electrons. The maximum atomic E-state index is 12.1. The molecular weight excluding hydrogens is 282 g/mol. The second kappa shape index (κ2) is 6.28. The number of aromatic nitrogens is 2. The van der Waals surface area contributed by atoms with Crippen molar-refractivity contribution in [2.24, 2.45) is 0 Å². The summed E-state index contributed by atoms with van der Waals surface area (Å²) in [6.07, 6.45) is 3.36. The summed E-state index contributed by atoms with van der Waals surface area (Å²) >= 11 is 1.45. The van der Waals surface area contributed by atoms with Crippen molar-refractivity contribution in [3.8, 4) is 0 Å². The van der Waals surface area contributed by atoms with Crippen LogP contribution < -0.4 is 5.32 Å². The summed E-state index contributed by atoms with van der Waals surface area (Å²) in [6.45, 7) is 5.01. The Labute approximate surface area is 118 Å². The molecule has 1 saturated heterocycles. The van der Waals surface area contributed by atoms with Crippen molar-refractivity contribution >= 4 is 21.2 Å². The van der Waals surface area contributed by atoms with E-state index < -0.39 is 15.1 Å². The Kier molecular flexibility index (Phi) is 4.92. The van der Waals surface area contributed by atoms with Crippen LogP contribution >= 0.6 is 11.3 Å². The normalized spacial score (nSPS) is 24.2. The van der Waals surface area contributed by atoms with Crippen molar-refractivity contribution in [2.45, 2.75) is 50.8 Å². The predicted octanol–water partition coefficient (Wildman–Crippen LogP) is 2.24. The van der Waals surface area contributed by atoms with Gasteiger partial charge in [0.25, 0.3) is 0 Å². The van der Waals surface area contributed by atoms with Gasteiger partial charge in [-0.3, -0.25) is 0 Å². The molecule has 0 amide bonds. The van der Waals surface area contributed by atoms with Crippen LogP contribution in [0.15, 0.2) is 0 Å². The molecule has 1 aromatic heterocycles. The molecule has 1 N–H and O–H groups in total. The standard InChI is InChI=1S/C12H21N3O2S2/c1-3-9(13-4-2)11-14-15-12(18-11)10-7-5-6-8-19(10,16)17/h9-10,13H,3-8H2,1-2H3. The molecule has 2 unspecified atom stereocenters. The van der Waals surface area contributed by atoms with Crippen LogP contribution in [0, 0.1) is 0 Å². The Hall–Kier alpha value is -0.530. The maximum absolute atomic E-state index is 12.1. The number of hydrogen-bond donors (Lipinski definition) is 1. The van der Waals surface area contributed by atoms with Gasteiger partial charge < -0.3 is 5.32 Å². The lowest BCUT2D eigenvalue weighted by Gasteiger charge is -2.19. The molecule has 1 aliphatic heterocycles. The van der Waals surface area contributed by atoms with Crippen molar-refractivity contribution in [1.82, 2.24) is 15.5 Å². The first kappa shape index (κ1) is 14.9. The van der Waals surface area contributed by atoms with Crippen molar-refractivity contribution in [2.75, 3.05) is 12.3 Å². The number of sulfone groups is 1. The number of nitrogens with one attached hydrogen (secondary N) is 1. The van der Waals surface area contributed by atoms with Gasteiger partial charge in [0.1, 0.15) is 15.3 Å². The molecule has 1 aliphatic rings. The third-order valence-corrected chi connectivity index (χ3v) is 6.95. The molecule has 0 aromatic carbocycles. The van der Waals surface area contributed by atoms with Crippen LogP contribution in [0.1, 0.15) is 60.8 Å². The van der Waals surface area contributed by atoms with Gasteiger partial charge in [0.2, 0.25) is 0 Å². The van der Waals surface area contributed by atoms with Gasteiger partial charge in [-0.15, -0.1) is 10.2 Å². The minimum atomic E-state index is -3.02. The first-order chi connectivity index (χ1) is 9.08. The van der Waals surface area contributed by atoms with Crippen molar-refractivity contribution in [1.29, 1.82) is 0 Å². The lowest BCUT2D eigenvalue weighted by molar-refractivity contribution is 0.529. The maximum Gasteiger partial charge on any atom is 0.159 e. The molecule has 0 saturated carbocycles. The molecule has 5 nitrogen and oxygen atoms in total. The lowest BCUT2D eigenvalue weighted by Crippen LogP contribution is -2.21. The van der Waals surface area contributed by atoms with E-state index in [1.165, 1.54) is 11.3 Å². The minimum absolute atomic E-state index is 0.183. The smallest absolute Gasteiger partial charge is 0.159 e. The van der Waals surface area contributed by atoms with Crippen LogP contribution in [-0.4, -0.2) is 30.9 Å². The Bertz CT molecular complexity index is 513. The largest absolute Gasteiger partial charge is 0.308 e. The second-order valence-electron chi connectivity index (χ2n) is 4.85. The fourth-order valence-electron chi connectivity index (χ4n) is 2.40. The van der Waals surface area contributed by atoms with E-state index in [2.05, 4.69) is 29.4 Å². The molecule has 2 atom stereocenters. The fourth-order valence-corrected chi connectivity index (χ4v) is 5.78. The zero-order valence-corrected chi connectivity index (χ0v) is 13.1. The van der Waals surface area contributed by atoms with Crippen LogP contribution in [0.4, 0.5) is 0 Å². The van der Waals surface area contributed by atoms with Gasteiger partial charge in [-0.05, 0) is 25.8 Å². The summed E-state index contributed by atoms with van der Waals surface area (Å²) < 4.78 is 24.2. The van der Waals surface area contributed by atoms with E-state index in [0.717, 1.165) is 30.8 Å². The van der Waals surface area contributed by atoms with Crippen LogP contribution in [0.3, 0.4) is 0 Å². The first-order valence-electron chi connectivity index (χ1n) is 6.86. The van der Waals surface area contributed by atoms with Gasteiger partial charge in [-0.2, -0.15) is 0 Å². The average molecular weight is 303 g/mol. The van der Waals surface area contributed by atoms with Crippen LogP contribution in [0.5, 0.6) is 0 Å². The monoisotopic (exact) mass is 303 g/mol. The van der Waals surface area contributed by atoms with E-state index in [1.54, 1.807) is 0 Å². The minimum Gasteiger partial charge on any atom is -0.308 e. The van der Waals surface area contributed by atoms with Crippen LogP contribution in [0.2, 0.25) is 0 Å². The van der Waals surface area contributed by atoms with Gasteiger partial charge in [0.05, 0.1) is 11.8 Å². The van der Waals surface area contributed by atoms with Gasteiger partial charge in [0, 0.05) is 0 Å². The average Bonchev–Trinajstić information content (AvgIpc) is 2.84. The van der Waals surface area contributed by atoms with Crippen LogP contribution in [0.25, 0.3) is 0 Å². The third kappa shape index (κ3) is 3.32. The molecule has 2 heterocycles. The Morgan fingerprint density at radius 2 is 2.16 bits per heavy atom. The third-order valence-electron chi connectivity index (χ3n) is 3.47. The molecule has 0 spiro atoms. The summed E-state index contributed by atoms with van der Waals surface area (Å²) in [6, 6.07) is 0.183. The van der Waals surface area contributed by atoms with E-state index in [9.17, 15) is 8.42 Å². The van der Waals surface area contributed by atoms with Gasteiger partial charge in [-0.25, -0.2) is 8.42 Å². The topological polar surface area (TPSA) is 72.0 Å². The van der Waals surface area contributed by atoms with E-state index in [-0.39, 0.29) is 11.8 Å². The molecular formula is C12H21N3O2S2. The highest BCUT2D eigenvalue weighted by Crippen LogP contribution is 2.36.